The second-order valence-corrected chi connectivity index (χ2v) is 3.49. The zero-order valence-corrected chi connectivity index (χ0v) is 9.65. The molecule has 0 aromatic heterocycles. The van der Waals surface area contributed by atoms with Crippen molar-refractivity contribution in [1.82, 2.24) is 9.80 Å². The van der Waals surface area contributed by atoms with E-state index in [1.807, 2.05) is 6.07 Å². The Morgan fingerprint density at radius 2 is 1.93 bits per heavy atom. The predicted octanol–water partition coefficient (Wildman–Crippen LogP) is 0.0828. The molecular formula is C10H17N3O2. The molecule has 1 unspecified atom stereocenters. The number of carbonyl (C=O) groups is 2. The zero-order chi connectivity index (χ0) is 12.0. The SMILES string of the molecule is CCN(CC(=O)N(C)C)C(=O)C(C)C#N. The maximum atomic E-state index is 11.6. The molecule has 5 nitrogen and oxygen atoms in total. The summed E-state index contributed by atoms with van der Waals surface area (Å²) in [4.78, 5) is 25.8. The molecule has 0 aromatic rings. The predicted molar refractivity (Wildman–Crippen MR) is 55.7 cm³/mol. The van der Waals surface area contributed by atoms with Crippen LogP contribution in [0, 0.1) is 17.2 Å². The summed E-state index contributed by atoms with van der Waals surface area (Å²) in [6, 6.07) is 1.87. The molecule has 0 bridgehead atoms. The summed E-state index contributed by atoms with van der Waals surface area (Å²) in [5.41, 5.74) is 0. The van der Waals surface area contributed by atoms with Crippen LogP contribution in [0.4, 0.5) is 0 Å². The van der Waals surface area contributed by atoms with E-state index in [1.54, 1.807) is 21.0 Å². The topological polar surface area (TPSA) is 64.4 Å². The third-order valence-electron chi connectivity index (χ3n) is 2.08. The van der Waals surface area contributed by atoms with Crippen molar-refractivity contribution in [3.8, 4) is 6.07 Å². The van der Waals surface area contributed by atoms with Crippen molar-refractivity contribution in [1.29, 1.82) is 5.26 Å². The number of nitrogens with zero attached hydrogens (tertiary/aromatic N) is 3. The van der Waals surface area contributed by atoms with Crippen LogP contribution < -0.4 is 0 Å². The number of amides is 2. The van der Waals surface area contributed by atoms with Gasteiger partial charge in [0.2, 0.25) is 11.8 Å². The van der Waals surface area contributed by atoms with Gasteiger partial charge in [0, 0.05) is 20.6 Å². The van der Waals surface area contributed by atoms with Crippen LogP contribution in [0.2, 0.25) is 0 Å². The number of rotatable bonds is 4. The van der Waals surface area contributed by atoms with Crippen LogP contribution in [0.5, 0.6) is 0 Å². The molecular weight excluding hydrogens is 194 g/mol. The standard InChI is InChI=1S/C10H17N3O2/c1-5-13(7-9(14)12(3)4)10(15)8(2)6-11/h8H,5,7H2,1-4H3. The number of hydrogen-bond donors (Lipinski definition) is 0. The molecule has 15 heavy (non-hydrogen) atoms. The largest absolute Gasteiger partial charge is 0.347 e. The van der Waals surface area contributed by atoms with Crippen LogP contribution >= 0.6 is 0 Å². The third kappa shape index (κ3) is 3.98. The summed E-state index contributed by atoms with van der Waals surface area (Å²) in [6.07, 6.45) is 0. The van der Waals surface area contributed by atoms with Gasteiger partial charge in [-0.15, -0.1) is 0 Å². The first-order chi connectivity index (χ1) is 6.93. The first-order valence-electron chi connectivity index (χ1n) is 4.82. The lowest BCUT2D eigenvalue weighted by atomic mass is 10.2. The van der Waals surface area contributed by atoms with Crippen molar-refractivity contribution < 1.29 is 9.59 Å². The van der Waals surface area contributed by atoms with Gasteiger partial charge in [0.1, 0.15) is 5.92 Å². The second-order valence-electron chi connectivity index (χ2n) is 3.49. The summed E-state index contributed by atoms with van der Waals surface area (Å²) in [7, 11) is 3.27. The highest BCUT2D eigenvalue weighted by atomic mass is 16.2. The fourth-order valence-corrected chi connectivity index (χ4v) is 0.979. The molecule has 84 valence electrons. The van der Waals surface area contributed by atoms with Crippen LogP contribution in [0.3, 0.4) is 0 Å². The number of likely N-dealkylation sites (N-methyl/N-ethyl adjacent to an activating group) is 2. The van der Waals surface area contributed by atoms with Gasteiger partial charge in [0.05, 0.1) is 12.6 Å². The zero-order valence-electron chi connectivity index (χ0n) is 9.65. The van der Waals surface area contributed by atoms with E-state index in [1.165, 1.54) is 16.7 Å². The fourth-order valence-electron chi connectivity index (χ4n) is 0.979. The molecule has 0 aliphatic carbocycles. The molecule has 0 radical (unpaired) electrons. The van der Waals surface area contributed by atoms with Crippen molar-refractivity contribution in [2.75, 3.05) is 27.2 Å². The van der Waals surface area contributed by atoms with Gasteiger partial charge in [-0.05, 0) is 13.8 Å². The lowest BCUT2D eigenvalue weighted by Crippen LogP contribution is -2.42. The van der Waals surface area contributed by atoms with E-state index in [4.69, 9.17) is 5.26 Å². The van der Waals surface area contributed by atoms with E-state index in [0.29, 0.717) is 6.54 Å². The Labute approximate surface area is 90.3 Å². The molecule has 2 amide bonds. The Bertz CT molecular complexity index is 281. The second kappa shape index (κ2) is 6.02. The highest BCUT2D eigenvalue weighted by Crippen LogP contribution is 2.01. The summed E-state index contributed by atoms with van der Waals surface area (Å²) in [5.74, 6) is -1.13. The van der Waals surface area contributed by atoms with Gasteiger partial charge in [-0.25, -0.2) is 0 Å². The van der Waals surface area contributed by atoms with Gasteiger partial charge in [-0.3, -0.25) is 9.59 Å². The van der Waals surface area contributed by atoms with Crippen LogP contribution in [0.1, 0.15) is 13.8 Å². The van der Waals surface area contributed by atoms with E-state index in [2.05, 4.69) is 0 Å². The minimum atomic E-state index is -0.695. The summed E-state index contributed by atoms with van der Waals surface area (Å²) < 4.78 is 0. The third-order valence-corrected chi connectivity index (χ3v) is 2.08. The molecule has 0 rings (SSSR count). The van der Waals surface area contributed by atoms with Gasteiger partial charge in [0.25, 0.3) is 0 Å². The van der Waals surface area contributed by atoms with Crippen LogP contribution in [-0.4, -0.2) is 48.8 Å². The van der Waals surface area contributed by atoms with Crippen molar-refractivity contribution in [2.24, 2.45) is 5.92 Å². The molecule has 0 aliphatic rings. The first kappa shape index (κ1) is 13.4. The lowest BCUT2D eigenvalue weighted by Gasteiger charge is -2.23. The van der Waals surface area contributed by atoms with Gasteiger partial charge in [0.15, 0.2) is 0 Å². The number of carbonyl (C=O) groups excluding carboxylic acids is 2. The van der Waals surface area contributed by atoms with Crippen molar-refractivity contribution >= 4 is 11.8 Å². The maximum absolute atomic E-state index is 11.6. The number of hydrogen-bond acceptors (Lipinski definition) is 3. The molecule has 0 aliphatic heterocycles. The summed E-state index contributed by atoms with van der Waals surface area (Å²) >= 11 is 0. The molecule has 0 saturated heterocycles. The van der Waals surface area contributed by atoms with E-state index in [0.717, 1.165) is 0 Å². The normalized spacial score (nSPS) is 11.4. The molecule has 5 heteroatoms. The maximum Gasteiger partial charge on any atom is 0.241 e. The quantitative estimate of drug-likeness (QED) is 0.661. The van der Waals surface area contributed by atoms with Crippen LogP contribution in [0.15, 0.2) is 0 Å². The highest BCUT2D eigenvalue weighted by molar-refractivity contribution is 5.86. The average Bonchev–Trinajstić information content (AvgIpc) is 2.23. The average molecular weight is 211 g/mol. The van der Waals surface area contributed by atoms with Crippen molar-refractivity contribution in [2.45, 2.75) is 13.8 Å². The Balaban J connectivity index is 4.45. The van der Waals surface area contributed by atoms with Gasteiger partial charge >= 0.3 is 0 Å². The minimum absolute atomic E-state index is 0.0361. The van der Waals surface area contributed by atoms with E-state index in [9.17, 15) is 9.59 Å². The lowest BCUT2D eigenvalue weighted by molar-refractivity contribution is -0.140. The highest BCUT2D eigenvalue weighted by Gasteiger charge is 2.21. The van der Waals surface area contributed by atoms with Gasteiger partial charge < -0.3 is 9.80 Å². The molecule has 0 heterocycles. The molecule has 0 spiro atoms. The smallest absolute Gasteiger partial charge is 0.241 e. The molecule has 0 saturated carbocycles. The molecule has 0 N–H and O–H groups in total. The molecule has 1 atom stereocenters. The van der Waals surface area contributed by atoms with E-state index < -0.39 is 5.92 Å². The van der Waals surface area contributed by atoms with E-state index in [-0.39, 0.29) is 18.4 Å². The van der Waals surface area contributed by atoms with Gasteiger partial charge in [-0.2, -0.15) is 5.26 Å². The Hall–Kier alpha value is -1.57. The molecule has 0 fully saturated rings. The monoisotopic (exact) mass is 211 g/mol. The Morgan fingerprint density at radius 3 is 2.27 bits per heavy atom. The van der Waals surface area contributed by atoms with Crippen LogP contribution in [-0.2, 0) is 9.59 Å². The van der Waals surface area contributed by atoms with Gasteiger partial charge in [-0.1, -0.05) is 0 Å². The van der Waals surface area contributed by atoms with E-state index >= 15 is 0 Å². The van der Waals surface area contributed by atoms with Crippen molar-refractivity contribution in [3.05, 3.63) is 0 Å². The van der Waals surface area contributed by atoms with Crippen molar-refractivity contribution in [3.63, 3.8) is 0 Å². The Morgan fingerprint density at radius 1 is 1.40 bits per heavy atom. The van der Waals surface area contributed by atoms with Crippen LogP contribution in [0.25, 0.3) is 0 Å². The Kier molecular flexibility index (Phi) is 5.39. The number of nitriles is 1. The first-order valence-corrected chi connectivity index (χ1v) is 4.82. The molecule has 0 aromatic carbocycles. The minimum Gasteiger partial charge on any atom is -0.347 e. The summed E-state index contributed by atoms with van der Waals surface area (Å²) in [5, 5.41) is 8.60. The fraction of sp³-hybridized carbons (Fsp3) is 0.700. The summed E-state index contributed by atoms with van der Waals surface area (Å²) in [6.45, 7) is 3.79.